The van der Waals surface area contributed by atoms with Gasteiger partial charge in [0.05, 0.1) is 12.7 Å². The van der Waals surface area contributed by atoms with Gasteiger partial charge < -0.3 is 9.84 Å². The molecular weight excluding hydrogens is 224 g/mol. The summed E-state index contributed by atoms with van der Waals surface area (Å²) >= 11 is 0. The van der Waals surface area contributed by atoms with Crippen molar-refractivity contribution in [3.63, 3.8) is 0 Å². The average molecular weight is 242 g/mol. The molecule has 2 heteroatoms. The van der Waals surface area contributed by atoms with E-state index < -0.39 is 5.60 Å². The van der Waals surface area contributed by atoms with E-state index in [1.807, 2.05) is 18.2 Å². The number of fused-ring (bicyclic) bond motifs is 1. The van der Waals surface area contributed by atoms with Crippen LogP contribution in [0.25, 0.3) is 10.8 Å². The lowest BCUT2D eigenvalue weighted by atomic mass is 9.90. The quantitative estimate of drug-likeness (QED) is 0.871. The normalized spacial score (nSPS) is 18.1. The summed E-state index contributed by atoms with van der Waals surface area (Å²) in [4.78, 5) is 0. The van der Waals surface area contributed by atoms with Crippen LogP contribution in [0.1, 0.15) is 31.2 Å². The fraction of sp³-hybridized carbons (Fsp3) is 0.375. The smallest absolute Gasteiger partial charge is 0.119 e. The molecule has 0 atom stereocenters. The molecule has 1 fully saturated rings. The fourth-order valence-corrected chi connectivity index (χ4v) is 2.89. The number of methoxy groups -OCH3 is 1. The van der Waals surface area contributed by atoms with Gasteiger partial charge in [0.1, 0.15) is 5.75 Å². The summed E-state index contributed by atoms with van der Waals surface area (Å²) in [7, 11) is 1.68. The monoisotopic (exact) mass is 242 g/mol. The van der Waals surface area contributed by atoms with Gasteiger partial charge in [0.15, 0.2) is 0 Å². The number of benzene rings is 2. The molecule has 1 aliphatic rings. The maximum atomic E-state index is 10.6. The molecule has 2 aromatic rings. The molecule has 1 aliphatic carbocycles. The molecule has 0 amide bonds. The van der Waals surface area contributed by atoms with Crippen molar-refractivity contribution in [1.29, 1.82) is 0 Å². The summed E-state index contributed by atoms with van der Waals surface area (Å²) < 4.78 is 5.22. The maximum absolute atomic E-state index is 10.6. The predicted octanol–water partition coefficient (Wildman–Crippen LogP) is 3.61. The average Bonchev–Trinajstić information content (AvgIpc) is 2.85. The van der Waals surface area contributed by atoms with E-state index in [-0.39, 0.29) is 0 Å². The second kappa shape index (κ2) is 4.29. The van der Waals surface area contributed by atoms with E-state index in [9.17, 15) is 5.11 Å². The van der Waals surface area contributed by atoms with Gasteiger partial charge in [0.25, 0.3) is 0 Å². The lowest BCUT2D eigenvalue weighted by Gasteiger charge is -2.23. The standard InChI is InChI=1S/C16H18O2/c1-18-15-7-5-12-10-14(6-4-13(12)11-15)16(17)8-2-3-9-16/h4-7,10-11,17H,2-3,8-9H2,1H3. The van der Waals surface area contributed by atoms with Crippen molar-refractivity contribution in [2.75, 3.05) is 7.11 Å². The van der Waals surface area contributed by atoms with Gasteiger partial charge in [-0.2, -0.15) is 0 Å². The molecular formula is C16H18O2. The number of aliphatic hydroxyl groups is 1. The Balaban J connectivity index is 2.06. The lowest BCUT2D eigenvalue weighted by Crippen LogP contribution is -2.20. The van der Waals surface area contributed by atoms with Gasteiger partial charge in [-0.3, -0.25) is 0 Å². The van der Waals surface area contributed by atoms with Crippen molar-refractivity contribution < 1.29 is 9.84 Å². The minimum absolute atomic E-state index is 0.603. The van der Waals surface area contributed by atoms with E-state index >= 15 is 0 Å². The Morgan fingerprint density at radius 2 is 1.67 bits per heavy atom. The van der Waals surface area contributed by atoms with Gasteiger partial charge in [-0.15, -0.1) is 0 Å². The molecule has 0 radical (unpaired) electrons. The van der Waals surface area contributed by atoms with E-state index in [2.05, 4.69) is 18.2 Å². The fourth-order valence-electron chi connectivity index (χ4n) is 2.89. The summed E-state index contributed by atoms with van der Waals surface area (Å²) in [5, 5.41) is 12.9. The molecule has 0 unspecified atom stereocenters. The summed E-state index contributed by atoms with van der Waals surface area (Å²) in [5.74, 6) is 0.870. The van der Waals surface area contributed by atoms with Crippen LogP contribution >= 0.6 is 0 Å². The lowest BCUT2D eigenvalue weighted by molar-refractivity contribution is 0.0446. The highest BCUT2D eigenvalue weighted by atomic mass is 16.5. The highest BCUT2D eigenvalue weighted by Gasteiger charge is 2.32. The number of hydrogen-bond donors (Lipinski definition) is 1. The second-order valence-electron chi connectivity index (χ2n) is 5.17. The van der Waals surface area contributed by atoms with E-state index in [0.717, 1.165) is 47.8 Å². The minimum atomic E-state index is -0.603. The van der Waals surface area contributed by atoms with Crippen LogP contribution in [0, 0.1) is 0 Å². The zero-order chi connectivity index (χ0) is 12.6. The Bertz CT molecular complexity index is 568. The summed E-state index contributed by atoms with van der Waals surface area (Å²) in [6.07, 6.45) is 4.01. The van der Waals surface area contributed by atoms with Crippen LogP contribution in [-0.4, -0.2) is 12.2 Å². The minimum Gasteiger partial charge on any atom is -0.497 e. The van der Waals surface area contributed by atoms with Crippen molar-refractivity contribution in [3.8, 4) is 5.75 Å². The molecule has 0 saturated heterocycles. The number of ether oxygens (including phenoxy) is 1. The highest BCUT2D eigenvalue weighted by molar-refractivity contribution is 5.84. The van der Waals surface area contributed by atoms with E-state index in [0.29, 0.717) is 0 Å². The Kier molecular flexibility index (Phi) is 2.75. The van der Waals surface area contributed by atoms with Crippen LogP contribution in [0.3, 0.4) is 0 Å². The first-order valence-electron chi connectivity index (χ1n) is 6.52. The maximum Gasteiger partial charge on any atom is 0.119 e. The first-order valence-corrected chi connectivity index (χ1v) is 6.52. The van der Waals surface area contributed by atoms with Crippen molar-refractivity contribution in [2.45, 2.75) is 31.3 Å². The van der Waals surface area contributed by atoms with Crippen molar-refractivity contribution >= 4 is 10.8 Å². The van der Waals surface area contributed by atoms with Crippen LogP contribution in [0.15, 0.2) is 36.4 Å². The third-order valence-electron chi connectivity index (χ3n) is 4.02. The molecule has 94 valence electrons. The van der Waals surface area contributed by atoms with Gasteiger partial charge in [-0.1, -0.05) is 31.0 Å². The molecule has 1 N–H and O–H groups in total. The molecule has 18 heavy (non-hydrogen) atoms. The molecule has 0 spiro atoms. The molecule has 3 rings (SSSR count). The zero-order valence-electron chi connectivity index (χ0n) is 10.6. The molecule has 1 saturated carbocycles. The molecule has 2 aromatic carbocycles. The van der Waals surface area contributed by atoms with Crippen LogP contribution in [0.4, 0.5) is 0 Å². The van der Waals surface area contributed by atoms with E-state index in [1.165, 1.54) is 0 Å². The zero-order valence-corrected chi connectivity index (χ0v) is 10.6. The molecule has 2 nitrogen and oxygen atoms in total. The number of hydrogen-bond acceptors (Lipinski definition) is 2. The van der Waals surface area contributed by atoms with Crippen molar-refractivity contribution in [1.82, 2.24) is 0 Å². The van der Waals surface area contributed by atoms with Gasteiger partial charge in [0.2, 0.25) is 0 Å². The van der Waals surface area contributed by atoms with Crippen molar-refractivity contribution in [3.05, 3.63) is 42.0 Å². The summed E-state index contributed by atoms with van der Waals surface area (Å²) in [6.45, 7) is 0. The van der Waals surface area contributed by atoms with Gasteiger partial charge in [0, 0.05) is 0 Å². The van der Waals surface area contributed by atoms with Gasteiger partial charge in [-0.05, 0) is 47.4 Å². The van der Waals surface area contributed by atoms with Crippen LogP contribution in [0.5, 0.6) is 5.75 Å². The Hall–Kier alpha value is -1.54. The SMILES string of the molecule is COc1ccc2cc(C3(O)CCCC3)ccc2c1. The highest BCUT2D eigenvalue weighted by Crippen LogP contribution is 2.39. The van der Waals surface area contributed by atoms with E-state index in [4.69, 9.17) is 4.74 Å². The Labute approximate surface area is 107 Å². The number of rotatable bonds is 2. The van der Waals surface area contributed by atoms with Crippen molar-refractivity contribution in [2.24, 2.45) is 0 Å². The third kappa shape index (κ3) is 1.87. The molecule has 0 aliphatic heterocycles. The van der Waals surface area contributed by atoms with Crippen LogP contribution in [-0.2, 0) is 5.60 Å². The molecule has 0 heterocycles. The summed E-state index contributed by atoms with van der Waals surface area (Å²) in [6, 6.07) is 12.3. The Morgan fingerprint density at radius 1 is 1.00 bits per heavy atom. The Morgan fingerprint density at radius 3 is 2.39 bits per heavy atom. The van der Waals surface area contributed by atoms with E-state index in [1.54, 1.807) is 7.11 Å². The van der Waals surface area contributed by atoms with Crippen LogP contribution < -0.4 is 4.74 Å². The summed E-state index contributed by atoms with van der Waals surface area (Å²) in [5.41, 5.74) is 0.450. The van der Waals surface area contributed by atoms with Crippen LogP contribution in [0.2, 0.25) is 0 Å². The largest absolute Gasteiger partial charge is 0.497 e. The predicted molar refractivity (Wildman–Crippen MR) is 72.9 cm³/mol. The first-order chi connectivity index (χ1) is 8.71. The molecule has 0 aromatic heterocycles. The van der Waals surface area contributed by atoms with Gasteiger partial charge >= 0.3 is 0 Å². The second-order valence-corrected chi connectivity index (χ2v) is 5.17. The van der Waals surface area contributed by atoms with Gasteiger partial charge in [-0.25, -0.2) is 0 Å². The molecule has 0 bridgehead atoms. The first kappa shape index (κ1) is 11.5. The third-order valence-corrected chi connectivity index (χ3v) is 4.02. The topological polar surface area (TPSA) is 29.5 Å².